The summed E-state index contributed by atoms with van der Waals surface area (Å²) in [6.45, 7) is 9.89. The Kier molecular flexibility index (Phi) is 2.39. The van der Waals surface area contributed by atoms with Crippen molar-refractivity contribution in [2.75, 3.05) is 13.1 Å². The molecule has 0 amide bonds. The van der Waals surface area contributed by atoms with E-state index in [1.165, 1.54) is 38.8 Å². The van der Waals surface area contributed by atoms with Gasteiger partial charge in [-0.3, -0.25) is 0 Å². The van der Waals surface area contributed by atoms with Gasteiger partial charge in [-0.25, -0.2) is 0 Å². The van der Waals surface area contributed by atoms with E-state index in [0.29, 0.717) is 5.41 Å². The maximum absolute atomic E-state index is 2.72. The second-order valence-electron chi connectivity index (χ2n) is 6.16. The second kappa shape index (κ2) is 3.27. The molecule has 1 heteroatoms. The smallest absolute Gasteiger partial charge is 0.00989 e. The van der Waals surface area contributed by atoms with Crippen molar-refractivity contribution < 1.29 is 0 Å². The molecule has 1 nitrogen and oxygen atoms in total. The van der Waals surface area contributed by atoms with Gasteiger partial charge in [0.1, 0.15) is 0 Å². The molecule has 76 valence electrons. The standard InChI is InChI=1S/C12H23N/c1-12(2,3)8-10-7-11-5-4-6-13(11)9-10/h10-11H,4-9H2,1-3H3. The van der Waals surface area contributed by atoms with E-state index in [1.54, 1.807) is 0 Å². The molecule has 0 radical (unpaired) electrons. The van der Waals surface area contributed by atoms with Crippen molar-refractivity contribution in [1.82, 2.24) is 4.90 Å². The number of hydrogen-bond acceptors (Lipinski definition) is 1. The maximum Gasteiger partial charge on any atom is 0.00989 e. The predicted molar refractivity (Wildman–Crippen MR) is 56.8 cm³/mol. The van der Waals surface area contributed by atoms with E-state index in [1.807, 2.05) is 0 Å². The van der Waals surface area contributed by atoms with Gasteiger partial charge < -0.3 is 4.90 Å². The molecule has 0 saturated carbocycles. The fourth-order valence-electron chi connectivity index (χ4n) is 3.21. The summed E-state index contributed by atoms with van der Waals surface area (Å²) in [5, 5.41) is 0. The zero-order valence-electron chi connectivity index (χ0n) is 9.34. The van der Waals surface area contributed by atoms with Crippen molar-refractivity contribution in [3.63, 3.8) is 0 Å². The third-order valence-electron chi connectivity index (χ3n) is 3.50. The van der Waals surface area contributed by atoms with E-state index >= 15 is 0 Å². The maximum atomic E-state index is 2.72. The largest absolute Gasteiger partial charge is 0.300 e. The molecule has 2 rings (SSSR count). The van der Waals surface area contributed by atoms with Gasteiger partial charge in [0, 0.05) is 12.6 Å². The summed E-state index contributed by atoms with van der Waals surface area (Å²) < 4.78 is 0. The average Bonchev–Trinajstić information content (AvgIpc) is 2.40. The van der Waals surface area contributed by atoms with Crippen LogP contribution < -0.4 is 0 Å². The third kappa shape index (κ3) is 2.25. The lowest BCUT2D eigenvalue weighted by molar-refractivity contribution is 0.277. The minimum Gasteiger partial charge on any atom is -0.300 e. The van der Waals surface area contributed by atoms with Gasteiger partial charge in [-0.05, 0) is 43.6 Å². The van der Waals surface area contributed by atoms with E-state index in [-0.39, 0.29) is 0 Å². The first kappa shape index (κ1) is 9.51. The van der Waals surface area contributed by atoms with Crippen molar-refractivity contribution in [3.8, 4) is 0 Å². The van der Waals surface area contributed by atoms with Gasteiger partial charge in [-0.2, -0.15) is 0 Å². The quantitative estimate of drug-likeness (QED) is 0.601. The summed E-state index contributed by atoms with van der Waals surface area (Å²) in [6.07, 6.45) is 5.82. The SMILES string of the molecule is CC(C)(C)CC1CC2CCCN2C1. The van der Waals surface area contributed by atoms with E-state index in [2.05, 4.69) is 25.7 Å². The van der Waals surface area contributed by atoms with E-state index < -0.39 is 0 Å². The lowest BCUT2D eigenvalue weighted by Crippen LogP contribution is -2.23. The Hall–Kier alpha value is -0.0400. The molecule has 0 aliphatic carbocycles. The summed E-state index contributed by atoms with van der Waals surface area (Å²) in [7, 11) is 0. The minimum absolute atomic E-state index is 0.532. The summed E-state index contributed by atoms with van der Waals surface area (Å²) in [5.74, 6) is 0.991. The van der Waals surface area contributed by atoms with Gasteiger partial charge in [-0.1, -0.05) is 20.8 Å². The van der Waals surface area contributed by atoms with Crippen LogP contribution in [0.15, 0.2) is 0 Å². The molecule has 0 spiro atoms. The van der Waals surface area contributed by atoms with Crippen LogP contribution >= 0.6 is 0 Å². The summed E-state index contributed by atoms with van der Waals surface area (Å²) >= 11 is 0. The molecule has 0 aromatic rings. The molecular formula is C12H23N. The molecular weight excluding hydrogens is 158 g/mol. The molecule has 0 bridgehead atoms. The summed E-state index contributed by atoms with van der Waals surface area (Å²) in [6, 6.07) is 0.965. The molecule has 2 unspecified atom stereocenters. The van der Waals surface area contributed by atoms with E-state index in [9.17, 15) is 0 Å². The molecule has 13 heavy (non-hydrogen) atoms. The van der Waals surface area contributed by atoms with Crippen LogP contribution in [0.3, 0.4) is 0 Å². The van der Waals surface area contributed by atoms with Crippen LogP contribution in [0, 0.1) is 11.3 Å². The minimum atomic E-state index is 0.532. The zero-order valence-corrected chi connectivity index (χ0v) is 9.34. The van der Waals surface area contributed by atoms with Crippen molar-refractivity contribution >= 4 is 0 Å². The van der Waals surface area contributed by atoms with Crippen molar-refractivity contribution in [2.24, 2.45) is 11.3 Å². The first-order valence-corrected chi connectivity index (χ1v) is 5.79. The number of fused-ring (bicyclic) bond motifs is 1. The average molecular weight is 181 g/mol. The highest BCUT2D eigenvalue weighted by Gasteiger charge is 2.36. The molecule has 2 atom stereocenters. The summed E-state index contributed by atoms with van der Waals surface area (Å²) in [5.41, 5.74) is 0.532. The first-order valence-electron chi connectivity index (χ1n) is 5.79. The van der Waals surface area contributed by atoms with Gasteiger partial charge in [-0.15, -0.1) is 0 Å². The number of rotatable bonds is 1. The Morgan fingerprint density at radius 1 is 1.31 bits per heavy atom. The van der Waals surface area contributed by atoms with Crippen molar-refractivity contribution in [2.45, 2.75) is 52.5 Å². The fraction of sp³-hybridized carbons (Fsp3) is 1.00. The van der Waals surface area contributed by atoms with Crippen LogP contribution in [-0.2, 0) is 0 Å². The van der Waals surface area contributed by atoms with Crippen molar-refractivity contribution in [1.29, 1.82) is 0 Å². The lowest BCUT2D eigenvalue weighted by Gasteiger charge is -2.23. The van der Waals surface area contributed by atoms with Crippen LogP contribution in [0.2, 0.25) is 0 Å². The van der Waals surface area contributed by atoms with Crippen molar-refractivity contribution in [3.05, 3.63) is 0 Å². The fourth-order valence-corrected chi connectivity index (χ4v) is 3.21. The lowest BCUT2D eigenvalue weighted by atomic mass is 9.83. The third-order valence-corrected chi connectivity index (χ3v) is 3.50. The molecule has 2 aliphatic rings. The zero-order chi connectivity index (χ0) is 9.47. The Morgan fingerprint density at radius 3 is 2.69 bits per heavy atom. The van der Waals surface area contributed by atoms with Crippen LogP contribution in [0.5, 0.6) is 0 Å². The molecule has 0 aromatic carbocycles. The van der Waals surface area contributed by atoms with Gasteiger partial charge in [0.05, 0.1) is 0 Å². The second-order valence-corrected chi connectivity index (χ2v) is 6.16. The van der Waals surface area contributed by atoms with Gasteiger partial charge in [0.2, 0.25) is 0 Å². The normalized spacial score (nSPS) is 35.3. The Labute approximate surface area is 82.5 Å². The van der Waals surface area contributed by atoms with Crippen LogP contribution in [0.25, 0.3) is 0 Å². The van der Waals surface area contributed by atoms with Crippen LogP contribution in [-0.4, -0.2) is 24.0 Å². The monoisotopic (exact) mass is 181 g/mol. The highest BCUT2D eigenvalue weighted by atomic mass is 15.2. The molecule has 2 aliphatic heterocycles. The highest BCUT2D eigenvalue weighted by molar-refractivity contribution is 4.90. The van der Waals surface area contributed by atoms with E-state index in [4.69, 9.17) is 0 Å². The Balaban J connectivity index is 1.85. The number of hydrogen-bond donors (Lipinski definition) is 0. The Bertz CT molecular complexity index is 168. The topological polar surface area (TPSA) is 3.24 Å². The predicted octanol–water partition coefficient (Wildman–Crippen LogP) is 2.91. The van der Waals surface area contributed by atoms with Crippen LogP contribution in [0.4, 0.5) is 0 Å². The highest BCUT2D eigenvalue weighted by Crippen LogP contribution is 2.37. The van der Waals surface area contributed by atoms with Crippen LogP contribution in [0.1, 0.15) is 46.5 Å². The summed E-state index contributed by atoms with van der Waals surface area (Å²) in [4.78, 5) is 2.72. The van der Waals surface area contributed by atoms with Gasteiger partial charge in [0.25, 0.3) is 0 Å². The Morgan fingerprint density at radius 2 is 2.08 bits per heavy atom. The molecule has 0 N–H and O–H groups in total. The molecule has 2 fully saturated rings. The molecule has 2 saturated heterocycles. The molecule has 0 aromatic heterocycles. The van der Waals surface area contributed by atoms with Gasteiger partial charge >= 0.3 is 0 Å². The van der Waals surface area contributed by atoms with Gasteiger partial charge in [0.15, 0.2) is 0 Å². The first-order chi connectivity index (χ1) is 6.04. The van der Waals surface area contributed by atoms with E-state index in [0.717, 1.165) is 12.0 Å². The number of nitrogens with zero attached hydrogens (tertiary/aromatic N) is 1. The molecule has 2 heterocycles.